The molecule has 0 amide bonds. The van der Waals surface area contributed by atoms with Crippen molar-refractivity contribution in [3.63, 3.8) is 0 Å². The first kappa shape index (κ1) is 13.0. The van der Waals surface area contributed by atoms with Gasteiger partial charge in [0.1, 0.15) is 17.6 Å². The molecule has 5 heteroatoms. The minimum absolute atomic E-state index is 0.114. The van der Waals surface area contributed by atoms with E-state index < -0.39 is 0 Å². The number of hydrogen-bond donors (Lipinski definition) is 0. The Kier molecular flexibility index (Phi) is 3.36. The Labute approximate surface area is 116 Å². The molecule has 1 saturated heterocycles. The topological polar surface area (TPSA) is 44.1 Å². The van der Waals surface area contributed by atoms with Crippen LogP contribution in [0.2, 0.25) is 0 Å². The molecule has 1 aromatic carbocycles. The number of rotatable bonds is 3. The number of benzene rings is 1. The van der Waals surface area contributed by atoms with E-state index in [4.69, 9.17) is 4.74 Å². The number of aromatic nitrogens is 2. The van der Waals surface area contributed by atoms with Gasteiger partial charge < -0.3 is 4.74 Å². The monoisotopic (exact) mass is 274 g/mol. The Bertz CT molecular complexity index is 645. The molecule has 0 radical (unpaired) electrons. The third kappa shape index (κ3) is 2.25. The quantitative estimate of drug-likeness (QED) is 0.808. The average Bonchev–Trinajstić information content (AvgIpc) is 3.07. The van der Waals surface area contributed by atoms with E-state index in [2.05, 4.69) is 5.10 Å². The van der Waals surface area contributed by atoms with Gasteiger partial charge in [-0.2, -0.15) is 5.10 Å². The Morgan fingerprint density at radius 2 is 2.35 bits per heavy atom. The molecule has 0 bridgehead atoms. The number of aldehydes is 1. The summed E-state index contributed by atoms with van der Waals surface area (Å²) in [5.41, 5.74) is 2.73. The summed E-state index contributed by atoms with van der Waals surface area (Å²) in [5.74, 6) is -0.284. The number of nitrogens with zero attached hydrogens (tertiary/aromatic N) is 2. The maximum absolute atomic E-state index is 13.2. The molecule has 1 atom stereocenters. The molecule has 2 aromatic rings. The number of halogens is 1. The molecule has 1 aromatic heterocycles. The lowest BCUT2D eigenvalue weighted by Gasteiger charge is -2.07. The van der Waals surface area contributed by atoms with Gasteiger partial charge in [-0.1, -0.05) is 0 Å². The molecule has 104 valence electrons. The van der Waals surface area contributed by atoms with E-state index in [1.165, 1.54) is 12.1 Å². The molecule has 3 rings (SSSR count). The van der Waals surface area contributed by atoms with Crippen LogP contribution in [-0.2, 0) is 4.74 Å². The van der Waals surface area contributed by atoms with Crippen molar-refractivity contribution in [2.75, 3.05) is 6.61 Å². The smallest absolute Gasteiger partial charge is 0.153 e. The molecule has 2 heterocycles. The molecular formula is C15H15FN2O2. The van der Waals surface area contributed by atoms with Crippen molar-refractivity contribution in [1.82, 2.24) is 9.78 Å². The average molecular weight is 274 g/mol. The maximum atomic E-state index is 13.2. The second kappa shape index (κ2) is 5.17. The molecule has 0 spiro atoms. The first-order chi connectivity index (χ1) is 9.69. The van der Waals surface area contributed by atoms with Gasteiger partial charge in [0.2, 0.25) is 0 Å². The van der Waals surface area contributed by atoms with E-state index in [9.17, 15) is 9.18 Å². The first-order valence-corrected chi connectivity index (χ1v) is 6.62. The van der Waals surface area contributed by atoms with Crippen LogP contribution in [0.3, 0.4) is 0 Å². The lowest BCUT2D eigenvalue weighted by Crippen LogP contribution is -2.02. The van der Waals surface area contributed by atoms with Crippen LogP contribution >= 0.6 is 0 Å². The van der Waals surface area contributed by atoms with Gasteiger partial charge in [0.05, 0.1) is 11.3 Å². The summed E-state index contributed by atoms with van der Waals surface area (Å²) in [7, 11) is 0. The van der Waals surface area contributed by atoms with Crippen LogP contribution < -0.4 is 0 Å². The highest BCUT2D eigenvalue weighted by Gasteiger charge is 2.24. The Balaban J connectivity index is 2.04. The molecule has 0 saturated carbocycles. The van der Waals surface area contributed by atoms with Crippen molar-refractivity contribution in [2.45, 2.75) is 25.9 Å². The van der Waals surface area contributed by atoms with Gasteiger partial charge in [0.15, 0.2) is 6.29 Å². The normalized spacial score (nSPS) is 18.4. The first-order valence-electron chi connectivity index (χ1n) is 6.62. The minimum atomic E-state index is -0.284. The number of carbonyl (C=O) groups excluding carboxylic acids is 1. The fraction of sp³-hybridized carbons (Fsp3) is 0.333. The third-order valence-electron chi connectivity index (χ3n) is 3.54. The standard InChI is InChI=1S/C15H15FN2O2/c1-10-7-12(16)4-5-13(10)18-8-11(9-19)15(17-18)14-3-2-6-20-14/h4-5,7-9,14H,2-3,6H2,1H3. The van der Waals surface area contributed by atoms with Crippen molar-refractivity contribution in [3.8, 4) is 5.69 Å². The highest BCUT2D eigenvalue weighted by molar-refractivity contribution is 5.76. The highest BCUT2D eigenvalue weighted by atomic mass is 19.1. The van der Waals surface area contributed by atoms with Gasteiger partial charge in [-0.25, -0.2) is 9.07 Å². The lowest BCUT2D eigenvalue weighted by atomic mass is 10.1. The van der Waals surface area contributed by atoms with Crippen molar-refractivity contribution in [3.05, 3.63) is 47.0 Å². The molecular weight excluding hydrogens is 259 g/mol. The van der Waals surface area contributed by atoms with E-state index >= 15 is 0 Å². The minimum Gasteiger partial charge on any atom is -0.372 e. The van der Waals surface area contributed by atoms with E-state index in [1.54, 1.807) is 16.9 Å². The van der Waals surface area contributed by atoms with E-state index in [1.807, 2.05) is 6.92 Å². The summed E-state index contributed by atoms with van der Waals surface area (Å²) < 4.78 is 20.4. The van der Waals surface area contributed by atoms with E-state index in [-0.39, 0.29) is 11.9 Å². The van der Waals surface area contributed by atoms with Crippen molar-refractivity contribution >= 4 is 6.29 Å². The van der Waals surface area contributed by atoms with Crippen molar-refractivity contribution < 1.29 is 13.9 Å². The zero-order chi connectivity index (χ0) is 14.1. The van der Waals surface area contributed by atoms with Crippen LogP contribution in [0, 0.1) is 12.7 Å². The summed E-state index contributed by atoms with van der Waals surface area (Å²) in [5, 5.41) is 4.46. The molecule has 1 fully saturated rings. The molecule has 1 unspecified atom stereocenters. The van der Waals surface area contributed by atoms with Gasteiger partial charge in [-0.3, -0.25) is 4.79 Å². The zero-order valence-electron chi connectivity index (χ0n) is 11.2. The summed E-state index contributed by atoms with van der Waals surface area (Å²) in [6, 6.07) is 4.49. The second-order valence-corrected chi connectivity index (χ2v) is 4.96. The van der Waals surface area contributed by atoms with Crippen LogP contribution in [0.4, 0.5) is 4.39 Å². The number of aryl methyl sites for hydroxylation is 1. The van der Waals surface area contributed by atoms with Crippen molar-refractivity contribution in [2.24, 2.45) is 0 Å². The molecule has 4 nitrogen and oxygen atoms in total. The van der Waals surface area contributed by atoms with E-state index in [0.717, 1.165) is 30.4 Å². The highest BCUT2D eigenvalue weighted by Crippen LogP contribution is 2.30. The summed E-state index contributed by atoms with van der Waals surface area (Å²) >= 11 is 0. The molecule has 0 aliphatic carbocycles. The molecule has 1 aliphatic rings. The van der Waals surface area contributed by atoms with Gasteiger partial charge >= 0.3 is 0 Å². The van der Waals surface area contributed by atoms with Gasteiger partial charge in [0, 0.05) is 12.8 Å². The van der Waals surface area contributed by atoms with Gasteiger partial charge in [0.25, 0.3) is 0 Å². The second-order valence-electron chi connectivity index (χ2n) is 4.96. The molecule has 20 heavy (non-hydrogen) atoms. The fourth-order valence-corrected chi connectivity index (χ4v) is 2.53. The van der Waals surface area contributed by atoms with E-state index in [0.29, 0.717) is 17.9 Å². The predicted molar refractivity (Wildman–Crippen MR) is 71.6 cm³/mol. The lowest BCUT2D eigenvalue weighted by molar-refractivity contribution is 0.104. The zero-order valence-corrected chi connectivity index (χ0v) is 11.2. The number of ether oxygens (including phenoxy) is 1. The third-order valence-corrected chi connectivity index (χ3v) is 3.54. The Hall–Kier alpha value is -2.01. The molecule has 1 aliphatic heterocycles. The largest absolute Gasteiger partial charge is 0.372 e. The van der Waals surface area contributed by atoms with Gasteiger partial charge in [-0.05, 0) is 43.5 Å². The summed E-state index contributed by atoms with van der Waals surface area (Å²) in [4.78, 5) is 11.2. The van der Waals surface area contributed by atoms with Crippen LogP contribution in [-0.4, -0.2) is 22.7 Å². The number of carbonyl (C=O) groups is 1. The summed E-state index contributed by atoms with van der Waals surface area (Å²) in [6.45, 7) is 2.51. The Morgan fingerprint density at radius 1 is 1.50 bits per heavy atom. The SMILES string of the molecule is Cc1cc(F)ccc1-n1cc(C=O)c(C2CCCO2)n1. The van der Waals surface area contributed by atoms with Crippen LogP contribution in [0.25, 0.3) is 5.69 Å². The molecule has 0 N–H and O–H groups in total. The number of hydrogen-bond acceptors (Lipinski definition) is 3. The summed E-state index contributed by atoms with van der Waals surface area (Å²) in [6.07, 6.45) is 4.20. The fourth-order valence-electron chi connectivity index (χ4n) is 2.53. The van der Waals surface area contributed by atoms with Crippen LogP contribution in [0.5, 0.6) is 0 Å². The van der Waals surface area contributed by atoms with Crippen LogP contribution in [0.1, 0.15) is 40.6 Å². The van der Waals surface area contributed by atoms with Crippen LogP contribution in [0.15, 0.2) is 24.4 Å². The Morgan fingerprint density at radius 3 is 3.00 bits per heavy atom. The van der Waals surface area contributed by atoms with Gasteiger partial charge in [-0.15, -0.1) is 0 Å². The van der Waals surface area contributed by atoms with Crippen molar-refractivity contribution in [1.29, 1.82) is 0 Å². The maximum Gasteiger partial charge on any atom is 0.153 e. The predicted octanol–water partition coefficient (Wildman–Crippen LogP) is 2.98.